The Kier molecular flexibility index (Phi) is 5.52. The minimum atomic E-state index is -0.0582. The first kappa shape index (κ1) is 19.6. The number of aryl methyl sites for hydroxylation is 1. The topological polar surface area (TPSA) is 55.3 Å². The maximum atomic E-state index is 13.0. The van der Waals surface area contributed by atoms with Gasteiger partial charge in [0.25, 0.3) is 0 Å². The molecule has 1 aliphatic carbocycles. The summed E-state index contributed by atoms with van der Waals surface area (Å²) in [4.78, 5) is 24.7. The van der Waals surface area contributed by atoms with E-state index in [9.17, 15) is 4.79 Å². The summed E-state index contributed by atoms with van der Waals surface area (Å²) in [6, 6.07) is 10.2. The molecule has 0 spiro atoms. The van der Waals surface area contributed by atoms with Crippen LogP contribution in [0.5, 0.6) is 0 Å². The number of hydrogen-bond acceptors (Lipinski definition) is 6. The summed E-state index contributed by atoms with van der Waals surface area (Å²) in [6.45, 7) is 1.48. The van der Waals surface area contributed by atoms with Gasteiger partial charge in [-0.25, -0.2) is 4.98 Å². The summed E-state index contributed by atoms with van der Waals surface area (Å²) in [7, 11) is 1.73. The molecule has 1 atom stereocenters. The van der Waals surface area contributed by atoms with Crippen LogP contribution in [-0.2, 0) is 22.6 Å². The number of nitrogens with zero attached hydrogens (tertiary/aromatic N) is 3. The van der Waals surface area contributed by atoms with Gasteiger partial charge in [-0.15, -0.1) is 0 Å². The van der Waals surface area contributed by atoms with Crippen LogP contribution in [0.1, 0.15) is 54.7 Å². The van der Waals surface area contributed by atoms with E-state index in [1.54, 1.807) is 18.4 Å². The first-order valence-corrected chi connectivity index (χ1v) is 11.7. The lowest BCUT2D eigenvalue weighted by molar-refractivity contribution is -0.120. The van der Waals surface area contributed by atoms with E-state index in [2.05, 4.69) is 22.0 Å². The van der Waals surface area contributed by atoms with Crippen LogP contribution in [0, 0.1) is 0 Å². The molecule has 156 valence electrons. The van der Waals surface area contributed by atoms with Gasteiger partial charge in [0.05, 0.1) is 17.3 Å². The van der Waals surface area contributed by atoms with Crippen molar-refractivity contribution in [2.45, 2.75) is 57.1 Å². The number of aromatic nitrogens is 2. The Bertz CT molecular complexity index is 1050. The van der Waals surface area contributed by atoms with Crippen molar-refractivity contribution in [1.82, 2.24) is 9.97 Å². The third-order valence-corrected chi connectivity index (χ3v) is 7.30. The molecule has 2 aromatic heterocycles. The van der Waals surface area contributed by atoms with Gasteiger partial charge in [0.1, 0.15) is 0 Å². The molecule has 3 heterocycles. The lowest BCUT2D eigenvalue weighted by atomic mass is 10.0. The number of ketones is 1. The molecule has 0 amide bonds. The van der Waals surface area contributed by atoms with Gasteiger partial charge in [-0.1, -0.05) is 41.7 Å². The lowest BCUT2D eigenvalue weighted by Gasteiger charge is -2.22. The number of Topliss-reactive ketones (excluding diaryl/α,β-unsaturated/α-hetero) is 1. The second-order valence-corrected chi connectivity index (χ2v) is 9.33. The number of carbonyl (C=O) groups is 1. The second-order valence-electron chi connectivity index (χ2n) is 8.36. The first-order chi connectivity index (χ1) is 14.7. The van der Waals surface area contributed by atoms with Gasteiger partial charge in [0, 0.05) is 31.8 Å². The minimum absolute atomic E-state index is 0.0582. The van der Waals surface area contributed by atoms with E-state index >= 15 is 0 Å². The highest BCUT2D eigenvalue weighted by molar-refractivity contribution is 7.22. The van der Waals surface area contributed by atoms with E-state index in [1.165, 1.54) is 34.2 Å². The zero-order valence-corrected chi connectivity index (χ0v) is 18.2. The molecule has 1 saturated carbocycles. The molecule has 5 rings (SSSR count). The number of pyridine rings is 1. The molecule has 0 bridgehead atoms. The molecule has 3 aromatic rings. The van der Waals surface area contributed by atoms with Crippen LogP contribution in [0.15, 0.2) is 36.5 Å². The predicted molar refractivity (Wildman–Crippen MR) is 120 cm³/mol. The molecule has 2 aliphatic rings. The van der Waals surface area contributed by atoms with Crippen molar-refractivity contribution in [3.63, 3.8) is 0 Å². The predicted octanol–water partition coefficient (Wildman–Crippen LogP) is 4.89. The average Bonchev–Trinajstić information content (AvgIpc) is 3.32. The lowest BCUT2D eigenvalue weighted by Crippen LogP contribution is -2.36. The number of benzene rings is 1. The van der Waals surface area contributed by atoms with Crippen LogP contribution >= 0.6 is 11.3 Å². The molecule has 1 aliphatic heterocycles. The Morgan fingerprint density at radius 1 is 1.23 bits per heavy atom. The molecule has 0 N–H and O–H groups in total. The zero-order chi connectivity index (χ0) is 20.5. The van der Waals surface area contributed by atoms with E-state index in [1.807, 2.05) is 24.4 Å². The number of hydrogen-bond donors (Lipinski definition) is 0. The van der Waals surface area contributed by atoms with Crippen LogP contribution < -0.4 is 4.90 Å². The highest BCUT2D eigenvalue weighted by Gasteiger charge is 2.34. The van der Waals surface area contributed by atoms with Crippen LogP contribution in [0.2, 0.25) is 0 Å². The number of fused-ring (bicyclic) bond motifs is 1. The molecule has 6 heteroatoms. The highest BCUT2D eigenvalue weighted by Crippen LogP contribution is 2.47. The Morgan fingerprint density at radius 2 is 2.07 bits per heavy atom. The zero-order valence-electron chi connectivity index (χ0n) is 17.3. The SMILES string of the molecule is COCc1cnc2nc(N3CCC[C@@H]3C(=O)CCc3ccccc3)sc2c1C1CC1. The molecule has 2 fully saturated rings. The standard InChI is InChI=1S/C24H27N3O2S/c1-29-15-18-14-25-23-22(21(18)17-10-11-17)30-24(26-23)27-13-5-8-19(27)20(28)12-9-16-6-3-2-4-7-16/h2-4,6-7,14,17,19H,5,8-13,15H2,1H3/t19-/m1/s1. The van der Waals surface area contributed by atoms with Gasteiger partial charge in [0.15, 0.2) is 16.6 Å². The maximum Gasteiger partial charge on any atom is 0.188 e. The molecule has 0 unspecified atom stereocenters. The third-order valence-electron chi connectivity index (χ3n) is 6.19. The van der Waals surface area contributed by atoms with Gasteiger partial charge in [-0.3, -0.25) is 4.79 Å². The quantitative estimate of drug-likeness (QED) is 0.519. The van der Waals surface area contributed by atoms with Gasteiger partial charge >= 0.3 is 0 Å². The Balaban J connectivity index is 1.38. The summed E-state index contributed by atoms with van der Waals surface area (Å²) in [5.41, 5.74) is 4.59. The fourth-order valence-corrected chi connectivity index (χ4v) is 5.79. The smallest absolute Gasteiger partial charge is 0.188 e. The number of carbonyl (C=O) groups excluding carboxylic acids is 1. The van der Waals surface area contributed by atoms with Crippen LogP contribution in [0.4, 0.5) is 5.13 Å². The normalized spacial score (nSPS) is 19.0. The van der Waals surface area contributed by atoms with Gasteiger partial charge in [-0.2, -0.15) is 4.98 Å². The van der Waals surface area contributed by atoms with E-state index in [0.29, 0.717) is 24.7 Å². The number of anilines is 1. The van der Waals surface area contributed by atoms with Crippen molar-refractivity contribution < 1.29 is 9.53 Å². The van der Waals surface area contributed by atoms with Crippen LogP contribution in [-0.4, -0.2) is 35.4 Å². The van der Waals surface area contributed by atoms with E-state index in [-0.39, 0.29) is 6.04 Å². The van der Waals surface area contributed by atoms with Crippen molar-refractivity contribution >= 4 is 32.6 Å². The van der Waals surface area contributed by atoms with E-state index < -0.39 is 0 Å². The Hall–Kier alpha value is -2.31. The Morgan fingerprint density at radius 3 is 2.83 bits per heavy atom. The van der Waals surface area contributed by atoms with Crippen molar-refractivity contribution in [2.24, 2.45) is 0 Å². The molecule has 1 saturated heterocycles. The van der Waals surface area contributed by atoms with Crippen molar-refractivity contribution in [2.75, 3.05) is 18.6 Å². The first-order valence-electron chi connectivity index (χ1n) is 10.8. The van der Waals surface area contributed by atoms with Crippen molar-refractivity contribution in [1.29, 1.82) is 0 Å². The second kappa shape index (κ2) is 8.44. The van der Waals surface area contributed by atoms with Crippen molar-refractivity contribution in [3.05, 3.63) is 53.2 Å². The minimum Gasteiger partial charge on any atom is -0.380 e. The number of thiazole rings is 1. The summed E-state index contributed by atoms with van der Waals surface area (Å²) in [6.07, 6.45) is 7.73. The maximum absolute atomic E-state index is 13.0. The number of ether oxygens (including phenoxy) is 1. The van der Waals surface area contributed by atoms with Gasteiger partial charge < -0.3 is 9.64 Å². The summed E-state index contributed by atoms with van der Waals surface area (Å²) in [5, 5.41) is 0.949. The Labute approximate surface area is 181 Å². The fraction of sp³-hybridized carbons (Fsp3) is 0.458. The summed E-state index contributed by atoms with van der Waals surface area (Å²) in [5.74, 6) is 0.932. The number of rotatable bonds is 8. The van der Waals surface area contributed by atoms with Crippen molar-refractivity contribution in [3.8, 4) is 0 Å². The molecule has 1 aromatic carbocycles. The summed E-state index contributed by atoms with van der Waals surface area (Å²) < 4.78 is 6.59. The fourth-order valence-electron chi connectivity index (χ4n) is 4.54. The largest absolute Gasteiger partial charge is 0.380 e. The average molecular weight is 422 g/mol. The van der Waals surface area contributed by atoms with E-state index in [4.69, 9.17) is 9.72 Å². The van der Waals surface area contributed by atoms with Gasteiger partial charge in [0.2, 0.25) is 0 Å². The van der Waals surface area contributed by atoms with Crippen LogP contribution in [0.25, 0.3) is 10.3 Å². The molecule has 30 heavy (non-hydrogen) atoms. The van der Waals surface area contributed by atoms with Crippen LogP contribution in [0.3, 0.4) is 0 Å². The molecule has 5 nitrogen and oxygen atoms in total. The van der Waals surface area contributed by atoms with Gasteiger partial charge in [-0.05, 0) is 49.1 Å². The molecular formula is C24H27N3O2S. The summed E-state index contributed by atoms with van der Waals surface area (Å²) >= 11 is 1.71. The molecule has 0 radical (unpaired) electrons. The molecular weight excluding hydrogens is 394 g/mol. The van der Waals surface area contributed by atoms with E-state index in [0.717, 1.165) is 36.6 Å². The number of methoxy groups -OCH3 is 1. The monoisotopic (exact) mass is 421 g/mol. The third kappa shape index (κ3) is 3.86. The highest BCUT2D eigenvalue weighted by atomic mass is 32.1.